The lowest BCUT2D eigenvalue weighted by atomic mass is 10.0. The average Bonchev–Trinajstić information content (AvgIpc) is 2.55. The minimum absolute atomic E-state index is 0.0650. The van der Waals surface area contributed by atoms with Gasteiger partial charge in [-0.1, -0.05) is 30.3 Å². The van der Waals surface area contributed by atoms with Crippen molar-refractivity contribution in [2.45, 2.75) is 0 Å². The molecule has 0 aromatic heterocycles. The molecule has 0 saturated heterocycles. The van der Waals surface area contributed by atoms with Gasteiger partial charge < -0.3 is 10.4 Å². The van der Waals surface area contributed by atoms with E-state index in [2.05, 4.69) is 5.32 Å². The number of hydrogen-bond donors (Lipinski definition) is 2. The van der Waals surface area contributed by atoms with Crippen LogP contribution in [0.15, 0.2) is 60.7 Å². The molecular weight excluding hydrogens is 276 g/mol. The second kappa shape index (κ2) is 5.58. The van der Waals surface area contributed by atoms with Gasteiger partial charge in [0.05, 0.1) is 17.2 Å². The first-order valence-corrected chi connectivity index (χ1v) is 6.71. The van der Waals surface area contributed by atoms with Crippen molar-refractivity contribution in [3.63, 3.8) is 0 Å². The highest BCUT2D eigenvalue weighted by molar-refractivity contribution is 6.14. The number of rotatable bonds is 2. The normalized spacial score (nSPS) is 10.1. The first-order chi connectivity index (χ1) is 10.7. The van der Waals surface area contributed by atoms with Gasteiger partial charge in [0.15, 0.2) is 0 Å². The second-order valence-corrected chi connectivity index (χ2v) is 4.82. The minimum atomic E-state index is -0.390. The highest BCUT2D eigenvalue weighted by Gasteiger charge is 2.15. The molecule has 0 spiro atoms. The lowest BCUT2D eigenvalue weighted by Gasteiger charge is -2.10. The maximum absolute atomic E-state index is 12.5. The van der Waals surface area contributed by atoms with Crippen molar-refractivity contribution in [1.29, 1.82) is 5.26 Å². The summed E-state index contributed by atoms with van der Waals surface area (Å²) in [7, 11) is 0. The van der Waals surface area contributed by atoms with Crippen molar-refractivity contribution < 1.29 is 9.90 Å². The summed E-state index contributed by atoms with van der Waals surface area (Å²) >= 11 is 0. The molecule has 3 aromatic carbocycles. The third kappa shape index (κ3) is 2.48. The van der Waals surface area contributed by atoms with E-state index in [-0.39, 0.29) is 17.2 Å². The number of phenols is 1. The number of carbonyl (C=O) groups excluding carboxylic acids is 1. The number of fused-ring (bicyclic) bond motifs is 1. The van der Waals surface area contributed by atoms with Crippen molar-refractivity contribution in [3.8, 4) is 11.8 Å². The number of nitriles is 1. The van der Waals surface area contributed by atoms with Crippen LogP contribution in [0, 0.1) is 11.3 Å². The van der Waals surface area contributed by atoms with Crippen LogP contribution in [0.3, 0.4) is 0 Å². The monoisotopic (exact) mass is 288 g/mol. The van der Waals surface area contributed by atoms with E-state index >= 15 is 0 Å². The van der Waals surface area contributed by atoms with Gasteiger partial charge in [-0.15, -0.1) is 0 Å². The summed E-state index contributed by atoms with van der Waals surface area (Å²) in [5.74, 6) is -0.455. The zero-order valence-electron chi connectivity index (χ0n) is 11.6. The lowest BCUT2D eigenvalue weighted by molar-refractivity contribution is 0.102. The molecule has 3 aromatic rings. The molecule has 2 N–H and O–H groups in total. The summed E-state index contributed by atoms with van der Waals surface area (Å²) in [6.07, 6.45) is 0. The van der Waals surface area contributed by atoms with E-state index in [1.807, 2.05) is 24.3 Å². The molecule has 0 unspecified atom stereocenters. The third-order valence-electron chi connectivity index (χ3n) is 3.41. The number of aromatic hydroxyl groups is 1. The topological polar surface area (TPSA) is 73.1 Å². The Morgan fingerprint density at radius 3 is 2.45 bits per heavy atom. The highest BCUT2D eigenvalue weighted by atomic mass is 16.3. The van der Waals surface area contributed by atoms with E-state index in [0.29, 0.717) is 16.6 Å². The predicted octanol–water partition coefficient (Wildman–Crippen LogP) is 3.67. The van der Waals surface area contributed by atoms with Crippen molar-refractivity contribution >= 4 is 22.4 Å². The molecule has 0 atom stereocenters. The first kappa shape index (κ1) is 13.7. The van der Waals surface area contributed by atoms with E-state index in [9.17, 15) is 9.90 Å². The largest absolute Gasteiger partial charge is 0.507 e. The van der Waals surface area contributed by atoms with Crippen LogP contribution in [0.4, 0.5) is 5.69 Å². The van der Waals surface area contributed by atoms with Gasteiger partial charge in [0.1, 0.15) is 5.75 Å². The van der Waals surface area contributed by atoms with Gasteiger partial charge in [-0.3, -0.25) is 4.79 Å². The molecule has 0 heterocycles. The Balaban J connectivity index is 1.98. The Bertz CT molecular complexity index is 893. The molecule has 0 aliphatic rings. The highest BCUT2D eigenvalue weighted by Crippen LogP contribution is 2.27. The van der Waals surface area contributed by atoms with Gasteiger partial charge >= 0.3 is 0 Å². The fourth-order valence-electron chi connectivity index (χ4n) is 2.32. The molecule has 1 amide bonds. The van der Waals surface area contributed by atoms with Crippen LogP contribution >= 0.6 is 0 Å². The van der Waals surface area contributed by atoms with Crippen LogP contribution in [0.2, 0.25) is 0 Å². The van der Waals surface area contributed by atoms with Gasteiger partial charge in [0.25, 0.3) is 5.91 Å². The van der Waals surface area contributed by atoms with E-state index < -0.39 is 0 Å². The molecule has 106 valence electrons. The third-order valence-corrected chi connectivity index (χ3v) is 3.41. The first-order valence-electron chi connectivity index (χ1n) is 6.71. The zero-order chi connectivity index (χ0) is 15.5. The summed E-state index contributed by atoms with van der Waals surface area (Å²) in [5.41, 5.74) is 1.32. The molecule has 0 fully saturated rings. The number of nitrogens with one attached hydrogen (secondary N) is 1. The van der Waals surface area contributed by atoms with Crippen LogP contribution < -0.4 is 5.32 Å². The van der Waals surface area contributed by atoms with Crippen LogP contribution in [0.25, 0.3) is 10.8 Å². The van der Waals surface area contributed by atoms with Crippen molar-refractivity contribution in [3.05, 3.63) is 71.8 Å². The van der Waals surface area contributed by atoms with Gasteiger partial charge in [-0.05, 0) is 41.1 Å². The van der Waals surface area contributed by atoms with E-state index in [0.717, 1.165) is 5.39 Å². The zero-order valence-corrected chi connectivity index (χ0v) is 11.6. The summed E-state index contributed by atoms with van der Waals surface area (Å²) in [6.45, 7) is 0. The number of nitrogens with zero attached hydrogens (tertiary/aromatic N) is 1. The number of amides is 1. The Hall–Kier alpha value is -3.32. The van der Waals surface area contributed by atoms with Gasteiger partial charge in [0.2, 0.25) is 0 Å². The number of hydrogen-bond acceptors (Lipinski definition) is 3. The molecule has 0 radical (unpaired) electrons. The van der Waals surface area contributed by atoms with Crippen LogP contribution in [-0.4, -0.2) is 11.0 Å². The molecule has 3 rings (SSSR count). The summed E-state index contributed by atoms with van der Waals surface area (Å²) in [6, 6.07) is 19.2. The Morgan fingerprint density at radius 2 is 1.73 bits per heavy atom. The minimum Gasteiger partial charge on any atom is -0.507 e. The SMILES string of the molecule is N#Cc1ccc(NC(=O)c2c(O)ccc3ccccc23)cc1. The Kier molecular flexibility index (Phi) is 3.47. The Morgan fingerprint density at radius 1 is 1.00 bits per heavy atom. The molecule has 4 nitrogen and oxygen atoms in total. The molecule has 0 bridgehead atoms. The lowest BCUT2D eigenvalue weighted by Crippen LogP contribution is -2.12. The van der Waals surface area contributed by atoms with E-state index in [1.54, 1.807) is 36.4 Å². The fraction of sp³-hybridized carbons (Fsp3) is 0. The number of phenolic OH excluding ortho intramolecular Hbond substituents is 1. The predicted molar refractivity (Wildman–Crippen MR) is 84.7 cm³/mol. The Labute approximate surface area is 127 Å². The standard InChI is InChI=1S/C18H12N2O2/c19-11-12-5-8-14(9-6-12)20-18(22)17-15-4-2-1-3-13(15)7-10-16(17)21/h1-10,21H,(H,20,22). The van der Waals surface area contributed by atoms with E-state index in [1.165, 1.54) is 6.07 Å². The summed E-state index contributed by atoms with van der Waals surface area (Å²) < 4.78 is 0. The fourth-order valence-corrected chi connectivity index (χ4v) is 2.32. The molecule has 4 heteroatoms. The van der Waals surface area contributed by atoms with Crippen molar-refractivity contribution in [2.75, 3.05) is 5.32 Å². The molecule has 0 saturated carbocycles. The molecular formula is C18H12N2O2. The molecule has 0 aliphatic heterocycles. The summed E-state index contributed by atoms with van der Waals surface area (Å²) in [4.78, 5) is 12.5. The van der Waals surface area contributed by atoms with Gasteiger partial charge in [-0.25, -0.2) is 0 Å². The number of benzene rings is 3. The maximum Gasteiger partial charge on any atom is 0.260 e. The smallest absolute Gasteiger partial charge is 0.260 e. The van der Waals surface area contributed by atoms with Crippen LogP contribution in [0.1, 0.15) is 15.9 Å². The van der Waals surface area contributed by atoms with Gasteiger partial charge in [-0.2, -0.15) is 5.26 Å². The molecule has 0 aliphatic carbocycles. The van der Waals surface area contributed by atoms with E-state index in [4.69, 9.17) is 5.26 Å². The van der Waals surface area contributed by atoms with Crippen LogP contribution in [0.5, 0.6) is 5.75 Å². The molecule has 22 heavy (non-hydrogen) atoms. The maximum atomic E-state index is 12.5. The quantitative estimate of drug-likeness (QED) is 0.755. The number of anilines is 1. The second-order valence-electron chi connectivity index (χ2n) is 4.82. The van der Waals surface area contributed by atoms with Crippen molar-refractivity contribution in [1.82, 2.24) is 0 Å². The van der Waals surface area contributed by atoms with Crippen LogP contribution in [-0.2, 0) is 0 Å². The number of carbonyl (C=O) groups is 1. The van der Waals surface area contributed by atoms with Crippen molar-refractivity contribution in [2.24, 2.45) is 0 Å². The average molecular weight is 288 g/mol. The van der Waals surface area contributed by atoms with Gasteiger partial charge in [0, 0.05) is 5.69 Å². The summed E-state index contributed by atoms with van der Waals surface area (Å²) in [5, 5.41) is 23.1.